The van der Waals surface area contributed by atoms with Crippen molar-refractivity contribution in [2.45, 2.75) is 51.5 Å². The zero-order chi connectivity index (χ0) is 13.7. The Bertz CT molecular complexity index is 402. The lowest BCUT2D eigenvalue weighted by Crippen LogP contribution is -2.21. The lowest BCUT2D eigenvalue weighted by molar-refractivity contribution is 0.447. The zero-order valence-electron chi connectivity index (χ0n) is 11.7. The zero-order valence-corrected chi connectivity index (χ0v) is 11.7. The minimum absolute atomic E-state index is 0.0100. The van der Waals surface area contributed by atoms with E-state index in [1.54, 1.807) is 6.07 Å². The van der Waals surface area contributed by atoms with E-state index in [9.17, 15) is 9.50 Å². The van der Waals surface area contributed by atoms with Crippen LogP contribution in [-0.4, -0.2) is 11.7 Å². The quantitative estimate of drug-likeness (QED) is 0.757. The summed E-state index contributed by atoms with van der Waals surface area (Å²) in [5.74, 6) is 0.563. The molecule has 1 atom stereocenters. The van der Waals surface area contributed by atoms with Crippen molar-refractivity contribution in [2.75, 3.05) is 6.54 Å². The van der Waals surface area contributed by atoms with Gasteiger partial charge in [0, 0.05) is 17.7 Å². The molecule has 2 N–H and O–H groups in total. The highest BCUT2D eigenvalue weighted by Gasteiger charge is 2.15. The van der Waals surface area contributed by atoms with Crippen molar-refractivity contribution in [3.8, 4) is 5.75 Å². The third kappa shape index (κ3) is 4.20. The molecule has 1 saturated carbocycles. The Balaban J connectivity index is 1.72. The molecule has 1 aromatic rings. The first-order chi connectivity index (χ1) is 9.16. The molecule has 0 saturated heterocycles. The number of benzene rings is 1. The monoisotopic (exact) mass is 265 g/mol. The summed E-state index contributed by atoms with van der Waals surface area (Å²) in [4.78, 5) is 0. The Morgan fingerprint density at radius 1 is 1.37 bits per heavy atom. The first kappa shape index (κ1) is 14.3. The van der Waals surface area contributed by atoms with Gasteiger partial charge in [-0.1, -0.05) is 31.7 Å². The van der Waals surface area contributed by atoms with Gasteiger partial charge in [-0.15, -0.1) is 0 Å². The summed E-state index contributed by atoms with van der Waals surface area (Å²) in [6.45, 7) is 2.89. The van der Waals surface area contributed by atoms with E-state index in [-0.39, 0.29) is 17.6 Å². The van der Waals surface area contributed by atoms with Gasteiger partial charge in [-0.3, -0.25) is 0 Å². The number of phenolic OH excluding ortho intramolecular Hbond substituents is 1. The Labute approximate surface area is 115 Å². The van der Waals surface area contributed by atoms with Gasteiger partial charge >= 0.3 is 0 Å². The highest BCUT2D eigenvalue weighted by atomic mass is 19.1. The van der Waals surface area contributed by atoms with Gasteiger partial charge in [0.1, 0.15) is 11.6 Å². The molecule has 19 heavy (non-hydrogen) atoms. The third-order valence-electron chi connectivity index (χ3n) is 4.16. The first-order valence-electron chi connectivity index (χ1n) is 7.38. The molecular formula is C16H24FNO. The van der Waals surface area contributed by atoms with Crippen LogP contribution in [0.2, 0.25) is 0 Å². The molecule has 1 aromatic carbocycles. The highest BCUT2D eigenvalue weighted by molar-refractivity contribution is 5.29. The lowest BCUT2D eigenvalue weighted by atomic mass is 10.0. The number of hydrogen-bond acceptors (Lipinski definition) is 2. The maximum Gasteiger partial charge on any atom is 0.131 e. The molecular weight excluding hydrogens is 241 g/mol. The predicted molar refractivity (Wildman–Crippen MR) is 75.7 cm³/mol. The van der Waals surface area contributed by atoms with Gasteiger partial charge in [-0.2, -0.15) is 0 Å². The predicted octanol–water partition coefficient (Wildman–Crippen LogP) is 4.15. The topological polar surface area (TPSA) is 32.3 Å². The van der Waals surface area contributed by atoms with E-state index in [1.807, 2.05) is 6.92 Å². The van der Waals surface area contributed by atoms with Crippen molar-refractivity contribution < 1.29 is 9.50 Å². The van der Waals surface area contributed by atoms with Gasteiger partial charge in [0.05, 0.1) is 0 Å². The van der Waals surface area contributed by atoms with Crippen LogP contribution in [0, 0.1) is 11.7 Å². The smallest absolute Gasteiger partial charge is 0.131 e. The third-order valence-corrected chi connectivity index (χ3v) is 4.16. The SMILES string of the molecule is CC(NCCCC1CCCC1)c1ccc(O)cc1F. The Hall–Kier alpha value is -1.09. The van der Waals surface area contributed by atoms with Crippen LogP contribution in [0.5, 0.6) is 5.75 Å². The van der Waals surface area contributed by atoms with Crippen molar-refractivity contribution in [1.29, 1.82) is 0 Å². The van der Waals surface area contributed by atoms with Crippen LogP contribution in [0.4, 0.5) is 4.39 Å². The van der Waals surface area contributed by atoms with Crippen molar-refractivity contribution >= 4 is 0 Å². The van der Waals surface area contributed by atoms with Crippen LogP contribution in [0.15, 0.2) is 18.2 Å². The first-order valence-corrected chi connectivity index (χ1v) is 7.38. The molecule has 0 radical (unpaired) electrons. The summed E-state index contributed by atoms with van der Waals surface area (Å²) in [5, 5.41) is 12.6. The second-order valence-corrected chi connectivity index (χ2v) is 5.67. The lowest BCUT2D eigenvalue weighted by Gasteiger charge is -2.16. The number of phenols is 1. The molecule has 0 spiro atoms. The Morgan fingerprint density at radius 2 is 2.11 bits per heavy atom. The van der Waals surface area contributed by atoms with E-state index in [2.05, 4.69) is 5.32 Å². The average Bonchev–Trinajstić information content (AvgIpc) is 2.87. The van der Waals surface area contributed by atoms with Gasteiger partial charge < -0.3 is 10.4 Å². The summed E-state index contributed by atoms with van der Waals surface area (Å²) >= 11 is 0. The number of aromatic hydroxyl groups is 1. The standard InChI is InChI=1S/C16H24FNO/c1-12(15-9-8-14(19)11-16(15)17)18-10-4-7-13-5-2-3-6-13/h8-9,11-13,18-19H,2-7,10H2,1H3. The van der Waals surface area contributed by atoms with Gasteiger partial charge in [0.2, 0.25) is 0 Å². The second kappa shape index (κ2) is 6.90. The van der Waals surface area contributed by atoms with E-state index in [4.69, 9.17) is 0 Å². The summed E-state index contributed by atoms with van der Waals surface area (Å²) in [6, 6.07) is 4.35. The number of nitrogens with one attached hydrogen (secondary N) is 1. The minimum Gasteiger partial charge on any atom is -0.508 e. The van der Waals surface area contributed by atoms with E-state index in [0.29, 0.717) is 5.56 Å². The fraction of sp³-hybridized carbons (Fsp3) is 0.625. The molecule has 0 heterocycles. The molecule has 1 aliphatic carbocycles. The summed E-state index contributed by atoms with van der Waals surface area (Å²) in [6.07, 6.45) is 8.03. The van der Waals surface area contributed by atoms with Crippen LogP contribution in [0.25, 0.3) is 0 Å². The van der Waals surface area contributed by atoms with E-state index in [1.165, 1.54) is 44.2 Å². The van der Waals surface area contributed by atoms with E-state index >= 15 is 0 Å². The van der Waals surface area contributed by atoms with Crippen molar-refractivity contribution in [3.05, 3.63) is 29.6 Å². The van der Waals surface area contributed by atoms with Crippen LogP contribution < -0.4 is 5.32 Å². The summed E-state index contributed by atoms with van der Waals surface area (Å²) in [7, 11) is 0. The Kier molecular flexibility index (Phi) is 5.20. The molecule has 1 fully saturated rings. The minimum atomic E-state index is -0.337. The molecule has 0 aliphatic heterocycles. The largest absolute Gasteiger partial charge is 0.508 e. The van der Waals surface area contributed by atoms with E-state index < -0.39 is 0 Å². The average molecular weight is 265 g/mol. The van der Waals surface area contributed by atoms with Gasteiger partial charge in [-0.25, -0.2) is 4.39 Å². The van der Waals surface area contributed by atoms with Gasteiger partial charge in [0.25, 0.3) is 0 Å². The van der Waals surface area contributed by atoms with E-state index in [0.717, 1.165) is 18.9 Å². The molecule has 2 rings (SSSR count). The Morgan fingerprint density at radius 3 is 2.79 bits per heavy atom. The normalized spacial score (nSPS) is 17.8. The molecule has 3 heteroatoms. The number of hydrogen-bond donors (Lipinski definition) is 2. The van der Waals surface area contributed by atoms with Gasteiger partial charge in [0.15, 0.2) is 0 Å². The molecule has 106 valence electrons. The molecule has 0 aromatic heterocycles. The maximum atomic E-state index is 13.7. The van der Waals surface area contributed by atoms with Crippen LogP contribution in [0.3, 0.4) is 0 Å². The van der Waals surface area contributed by atoms with Crippen molar-refractivity contribution in [2.24, 2.45) is 5.92 Å². The van der Waals surface area contributed by atoms with Crippen molar-refractivity contribution in [3.63, 3.8) is 0 Å². The maximum absolute atomic E-state index is 13.7. The molecule has 1 aliphatic rings. The molecule has 1 unspecified atom stereocenters. The summed E-state index contributed by atoms with van der Waals surface area (Å²) in [5.41, 5.74) is 0.624. The molecule has 0 amide bonds. The highest BCUT2D eigenvalue weighted by Crippen LogP contribution is 2.28. The van der Waals surface area contributed by atoms with Crippen LogP contribution in [-0.2, 0) is 0 Å². The second-order valence-electron chi connectivity index (χ2n) is 5.67. The fourth-order valence-electron chi connectivity index (χ4n) is 2.99. The number of halogens is 1. The summed E-state index contributed by atoms with van der Waals surface area (Å²) < 4.78 is 13.7. The number of rotatable bonds is 6. The van der Waals surface area contributed by atoms with Crippen LogP contribution in [0.1, 0.15) is 57.1 Å². The van der Waals surface area contributed by atoms with Crippen LogP contribution >= 0.6 is 0 Å². The molecule has 0 bridgehead atoms. The fourth-order valence-corrected chi connectivity index (χ4v) is 2.99. The van der Waals surface area contributed by atoms with Crippen molar-refractivity contribution in [1.82, 2.24) is 5.32 Å². The molecule has 2 nitrogen and oxygen atoms in total. The van der Waals surface area contributed by atoms with Gasteiger partial charge in [-0.05, 0) is 38.3 Å².